The van der Waals surface area contributed by atoms with Crippen molar-refractivity contribution in [1.29, 1.82) is 0 Å². The maximum Gasteiger partial charge on any atom is 0.114 e. The topological polar surface area (TPSA) is 71.2 Å². The minimum absolute atomic E-state index is 0.343. The van der Waals surface area contributed by atoms with Gasteiger partial charge in [0.2, 0.25) is 0 Å². The molecule has 1 atom stereocenters. The fraction of sp³-hybridized carbons (Fsp3) is 0.778. The Balaban J connectivity index is 2.60. The first-order chi connectivity index (χ1) is 6.39. The lowest BCUT2D eigenvalue weighted by molar-refractivity contribution is 0.0737. The normalized spacial score (nSPS) is 14.4. The number of rotatable bonds is 4. The molecule has 0 aliphatic carbocycles. The molecule has 80 valence electrons. The molecular weight excluding hydrogens is 182 g/mol. The number of aliphatic hydroxyl groups excluding tert-OH is 1. The first-order valence-electron chi connectivity index (χ1n) is 4.70. The van der Waals surface area contributed by atoms with Crippen molar-refractivity contribution in [2.75, 3.05) is 0 Å². The minimum atomic E-state index is -0.955. The van der Waals surface area contributed by atoms with Crippen LogP contribution >= 0.6 is 0 Å². The van der Waals surface area contributed by atoms with Gasteiger partial charge in [-0.05, 0) is 27.2 Å². The summed E-state index contributed by atoms with van der Waals surface area (Å²) in [6.07, 6.45) is 1.99. The molecule has 0 saturated carbocycles. The molecule has 14 heavy (non-hydrogen) atoms. The van der Waals surface area contributed by atoms with Crippen LogP contribution in [0.3, 0.4) is 0 Å². The third-order valence-corrected chi connectivity index (χ3v) is 1.94. The maximum absolute atomic E-state index is 9.61. The van der Waals surface area contributed by atoms with Crippen LogP contribution in [0.2, 0.25) is 0 Å². The molecule has 0 aliphatic rings. The van der Waals surface area contributed by atoms with E-state index >= 15 is 0 Å². The Morgan fingerprint density at radius 3 is 2.64 bits per heavy atom. The molecule has 0 radical (unpaired) electrons. The van der Waals surface area contributed by atoms with Crippen LogP contribution in [0.4, 0.5) is 0 Å². The van der Waals surface area contributed by atoms with Gasteiger partial charge in [-0.2, -0.15) is 0 Å². The second-order valence-electron chi connectivity index (χ2n) is 4.06. The summed E-state index contributed by atoms with van der Waals surface area (Å²) in [5, 5.41) is 26.4. The van der Waals surface area contributed by atoms with Crippen LogP contribution in [-0.2, 0) is 12.1 Å². The summed E-state index contributed by atoms with van der Waals surface area (Å²) in [6, 6.07) is 0. The van der Waals surface area contributed by atoms with E-state index < -0.39 is 5.60 Å². The molecule has 0 saturated heterocycles. The maximum atomic E-state index is 9.61. The van der Waals surface area contributed by atoms with Gasteiger partial charge < -0.3 is 10.2 Å². The Morgan fingerprint density at radius 1 is 1.57 bits per heavy atom. The van der Waals surface area contributed by atoms with E-state index in [0.29, 0.717) is 18.7 Å². The molecule has 1 aromatic rings. The van der Waals surface area contributed by atoms with Crippen molar-refractivity contribution in [1.82, 2.24) is 15.0 Å². The number of hydrogen-bond donors (Lipinski definition) is 2. The molecule has 1 aromatic heterocycles. The molecule has 1 rings (SSSR count). The highest BCUT2D eigenvalue weighted by atomic mass is 16.3. The number of aromatic nitrogens is 3. The van der Waals surface area contributed by atoms with Gasteiger partial charge in [0.05, 0.1) is 12.3 Å². The number of aliphatic hydroxyl groups is 2. The molecule has 2 N–H and O–H groups in total. The van der Waals surface area contributed by atoms with Crippen LogP contribution in [0, 0.1) is 0 Å². The number of hydrogen-bond acceptors (Lipinski definition) is 4. The van der Waals surface area contributed by atoms with Crippen molar-refractivity contribution in [3.8, 4) is 0 Å². The first kappa shape index (κ1) is 11.1. The molecule has 0 aliphatic heterocycles. The Bertz CT molecular complexity index is 288. The average molecular weight is 199 g/mol. The molecule has 0 aromatic carbocycles. The molecule has 5 nitrogen and oxygen atoms in total. The molecular formula is C9H17N3O2. The van der Waals surface area contributed by atoms with Gasteiger partial charge in [-0.3, -0.25) is 4.68 Å². The second-order valence-corrected chi connectivity index (χ2v) is 4.06. The second kappa shape index (κ2) is 4.06. The van der Waals surface area contributed by atoms with Gasteiger partial charge in [0.1, 0.15) is 11.3 Å². The molecule has 5 heteroatoms. The van der Waals surface area contributed by atoms with Crippen LogP contribution in [0.1, 0.15) is 32.9 Å². The van der Waals surface area contributed by atoms with E-state index in [0.717, 1.165) is 0 Å². The number of nitrogens with zero attached hydrogens (tertiary/aromatic N) is 3. The van der Waals surface area contributed by atoms with Crippen LogP contribution in [0.25, 0.3) is 0 Å². The SMILES string of the molecule is CC(O)CCn1cc(C(C)(C)O)nn1. The monoisotopic (exact) mass is 199 g/mol. The van der Waals surface area contributed by atoms with Gasteiger partial charge in [-0.1, -0.05) is 5.21 Å². The highest BCUT2D eigenvalue weighted by molar-refractivity contribution is 5.02. The van der Waals surface area contributed by atoms with E-state index in [1.807, 2.05) is 0 Å². The lowest BCUT2D eigenvalue weighted by Gasteiger charge is -2.11. The molecule has 1 heterocycles. The van der Waals surface area contributed by atoms with E-state index in [4.69, 9.17) is 5.11 Å². The van der Waals surface area contributed by atoms with Gasteiger partial charge in [-0.15, -0.1) is 5.10 Å². The first-order valence-corrected chi connectivity index (χ1v) is 4.70. The zero-order valence-electron chi connectivity index (χ0n) is 8.80. The van der Waals surface area contributed by atoms with E-state index in [1.54, 1.807) is 31.6 Å². The average Bonchev–Trinajstić information content (AvgIpc) is 2.47. The Kier molecular flexibility index (Phi) is 3.23. The summed E-state index contributed by atoms with van der Waals surface area (Å²) in [6.45, 7) is 5.67. The smallest absolute Gasteiger partial charge is 0.114 e. The summed E-state index contributed by atoms with van der Waals surface area (Å²) < 4.78 is 1.63. The predicted molar refractivity (Wildman–Crippen MR) is 51.6 cm³/mol. The highest BCUT2D eigenvalue weighted by Crippen LogP contribution is 2.15. The van der Waals surface area contributed by atoms with Crippen LogP contribution in [0.15, 0.2) is 6.20 Å². The fourth-order valence-electron chi connectivity index (χ4n) is 1.01. The summed E-state index contributed by atoms with van der Waals surface area (Å²) in [5.74, 6) is 0. The Morgan fingerprint density at radius 2 is 2.21 bits per heavy atom. The number of aryl methyl sites for hydroxylation is 1. The van der Waals surface area contributed by atoms with Crippen molar-refractivity contribution in [3.05, 3.63) is 11.9 Å². The standard InChI is InChI=1S/C9H17N3O2/c1-7(13)4-5-12-6-8(10-11-12)9(2,3)14/h6-7,13-14H,4-5H2,1-3H3. The van der Waals surface area contributed by atoms with E-state index in [-0.39, 0.29) is 6.10 Å². The van der Waals surface area contributed by atoms with Crippen molar-refractivity contribution in [3.63, 3.8) is 0 Å². The summed E-state index contributed by atoms with van der Waals surface area (Å²) in [7, 11) is 0. The van der Waals surface area contributed by atoms with E-state index in [2.05, 4.69) is 10.3 Å². The van der Waals surface area contributed by atoms with Gasteiger partial charge >= 0.3 is 0 Å². The lowest BCUT2D eigenvalue weighted by atomic mass is 10.1. The van der Waals surface area contributed by atoms with Crippen LogP contribution in [0.5, 0.6) is 0 Å². The summed E-state index contributed by atoms with van der Waals surface area (Å²) in [5.41, 5.74) is -0.411. The molecule has 0 spiro atoms. The van der Waals surface area contributed by atoms with Gasteiger partial charge in [0.25, 0.3) is 0 Å². The molecule has 0 bridgehead atoms. The van der Waals surface area contributed by atoms with Gasteiger partial charge in [0, 0.05) is 6.54 Å². The van der Waals surface area contributed by atoms with Crippen LogP contribution < -0.4 is 0 Å². The van der Waals surface area contributed by atoms with Crippen LogP contribution in [-0.4, -0.2) is 31.3 Å². The zero-order chi connectivity index (χ0) is 10.8. The van der Waals surface area contributed by atoms with Crippen molar-refractivity contribution >= 4 is 0 Å². The Labute approximate surface area is 83.4 Å². The molecule has 0 fully saturated rings. The van der Waals surface area contributed by atoms with Crippen molar-refractivity contribution in [2.24, 2.45) is 0 Å². The van der Waals surface area contributed by atoms with Gasteiger partial charge in [0.15, 0.2) is 0 Å². The molecule has 1 unspecified atom stereocenters. The van der Waals surface area contributed by atoms with E-state index in [9.17, 15) is 5.11 Å². The Hall–Kier alpha value is -0.940. The zero-order valence-corrected chi connectivity index (χ0v) is 8.80. The fourth-order valence-corrected chi connectivity index (χ4v) is 1.01. The largest absolute Gasteiger partial charge is 0.393 e. The summed E-state index contributed by atoms with van der Waals surface area (Å²) >= 11 is 0. The quantitative estimate of drug-likeness (QED) is 0.730. The third kappa shape index (κ3) is 3.08. The predicted octanol–water partition coefficient (Wildman–Crippen LogP) is 0.276. The van der Waals surface area contributed by atoms with Gasteiger partial charge in [-0.25, -0.2) is 0 Å². The van der Waals surface area contributed by atoms with E-state index in [1.165, 1.54) is 0 Å². The third-order valence-electron chi connectivity index (χ3n) is 1.94. The highest BCUT2D eigenvalue weighted by Gasteiger charge is 2.19. The minimum Gasteiger partial charge on any atom is -0.393 e. The van der Waals surface area contributed by atoms with Crippen molar-refractivity contribution in [2.45, 2.75) is 45.4 Å². The van der Waals surface area contributed by atoms with Crippen molar-refractivity contribution < 1.29 is 10.2 Å². The molecule has 0 amide bonds. The summed E-state index contributed by atoms with van der Waals surface area (Å²) in [4.78, 5) is 0. The lowest BCUT2D eigenvalue weighted by Crippen LogP contribution is -2.15.